The molecule has 29 heavy (non-hydrogen) atoms. The van der Waals surface area contributed by atoms with Crippen molar-refractivity contribution in [1.29, 1.82) is 0 Å². The maximum atomic E-state index is 12.5. The van der Waals surface area contributed by atoms with Crippen LogP contribution in [0.15, 0.2) is 52.3 Å². The Morgan fingerprint density at radius 2 is 1.97 bits per heavy atom. The first-order valence-electron chi connectivity index (χ1n) is 8.87. The van der Waals surface area contributed by atoms with Crippen LogP contribution < -0.4 is 15.4 Å². The number of anilines is 1. The fourth-order valence-electron chi connectivity index (χ4n) is 2.73. The summed E-state index contributed by atoms with van der Waals surface area (Å²) in [6.07, 6.45) is 1.29. The number of benzene rings is 2. The van der Waals surface area contributed by atoms with Crippen LogP contribution in [0.1, 0.15) is 15.9 Å². The molecule has 1 heterocycles. The zero-order valence-electron chi connectivity index (χ0n) is 16.4. The van der Waals surface area contributed by atoms with E-state index in [1.165, 1.54) is 26.0 Å². The number of thioether (sulfide) groups is 1. The molecule has 0 radical (unpaired) electrons. The quantitative estimate of drug-likeness (QED) is 0.535. The van der Waals surface area contributed by atoms with Crippen LogP contribution in [0.25, 0.3) is 6.08 Å². The molecule has 2 aromatic carbocycles. The minimum atomic E-state index is -0.517. The van der Waals surface area contributed by atoms with Crippen LogP contribution in [0.5, 0.6) is 5.75 Å². The molecule has 0 aromatic heterocycles. The van der Waals surface area contributed by atoms with Crippen LogP contribution in [0.2, 0.25) is 0 Å². The molecule has 2 amide bonds. The Hall–Kier alpha value is -2.81. The van der Waals surface area contributed by atoms with Gasteiger partial charge in [0.25, 0.3) is 11.8 Å². The summed E-state index contributed by atoms with van der Waals surface area (Å²) in [6, 6.07) is 12.7. The smallest absolute Gasteiger partial charge is 0.262 e. The summed E-state index contributed by atoms with van der Waals surface area (Å²) in [5.74, 6) is 0.228. The van der Waals surface area contributed by atoms with Gasteiger partial charge in [-0.25, -0.2) is 0 Å². The molecule has 2 N–H and O–H groups in total. The Morgan fingerprint density at radius 3 is 2.69 bits per heavy atom. The topological polar surface area (TPSA) is 85.9 Å². The normalized spacial score (nSPS) is 14.5. The van der Waals surface area contributed by atoms with Crippen LogP contribution in [0.3, 0.4) is 0 Å². The number of methoxy groups -OCH3 is 3. The van der Waals surface area contributed by atoms with Gasteiger partial charge >= 0.3 is 0 Å². The molecular formula is C21H22N2O5S. The molecular weight excluding hydrogens is 392 g/mol. The summed E-state index contributed by atoms with van der Waals surface area (Å²) in [4.78, 5) is 26.3. The van der Waals surface area contributed by atoms with Crippen molar-refractivity contribution in [3.8, 4) is 5.75 Å². The lowest BCUT2D eigenvalue weighted by molar-refractivity contribution is -0.112. The second-order valence-corrected chi connectivity index (χ2v) is 7.25. The lowest BCUT2D eigenvalue weighted by Gasteiger charge is -2.20. The Balaban J connectivity index is 1.75. The Morgan fingerprint density at radius 1 is 1.17 bits per heavy atom. The average molecular weight is 414 g/mol. The maximum Gasteiger partial charge on any atom is 0.262 e. The van der Waals surface area contributed by atoms with E-state index < -0.39 is 6.29 Å². The van der Waals surface area contributed by atoms with Crippen molar-refractivity contribution in [3.63, 3.8) is 0 Å². The van der Waals surface area contributed by atoms with Crippen LogP contribution in [-0.2, 0) is 14.3 Å². The van der Waals surface area contributed by atoms with Crippen molar-refractivity contribution in [3.05, 3.63) is 58.5 Å². The minimum absolute atomic E-state index is 0.220. The number of rotatable bonds is 7. The Bertz CT molecular complexity index is 940. The van der Waals surface area contributed by atoms with Crippen molar-refractivity contribution in [1.82, 2.24) is 5.32 Å². The summed E-state index contributed by atoms with van der Waals surface area (Å²) in [5, 5.41) is 5.59. The zero-order chi connectivity index (χ0) is 20.8. The molecule has 7 nitrogen and oxygen atoms in total. The van der Waals surface area contributed by atoms with Gasteiger partial charge in [-0.1, -0.05) is 23.9 Å². The number of hydrogen-bond donors (Lipinski definition) is 2. The van der Waals surface area contributed by atoms with Crippen molar-refractivity contribution in [2.45, 2.75) is 11.2 Å². The van der Waals surface area contributed by atoms with E-state index in [1.807, 2.05) is 36.4 Å². The van der Waals surface area contributed by atoms with E-state index in [0.29, 0.717) is 16.2 Å². The third kappa shape index (κ3) is 5.17. The fraction of sp³-hybridized carbons (Fsp3) is 0.238. The van der Waals surface area contributed by atoms with Crippen molar-refractivity contribution < 1.29 is 23.8 Å². The van der Waals surface area contributed by atoms with Crippen molar-refractivity contribution in [2.24, 2.45) is 0 Å². The van der Waals surface area contributed by atoms with Gasteiger partial charge in [0.15, 0.2) is 6.29 Å². The predicted octanol–water partition coefficient (Wildman–Crippen LogP) is 3.13. The number of carbonyl (C=O) groups is 2. The molecule has 1 aliphatic heterocycles. The highest BCUT2D eigenvalue weighted by Crippen LogP contribution is 2.39. The second-order valence-electron chi connectivity index (χ2n) is 6.16. The van der Waals surface area contributed by atoms with Crippen molar-refractivity contribution >= 4 is 35.3 Å². The first-order chi connectivity index (χ1) is 14.0. The predicted molar refractivity (Wildman–Crippen MR) is 112 cm³/mol. The number of fused-ring (bicyclic) bond motifs is 1. The average Bonchev–Trinajstić information content (AvgIpc) is 2.74. The number of hydrogen-bond acceptors (Lipinski definition) is 6. The summed E-state index contributed by atoms with van der Waals surface area (Å²) < 4.78 is 15.3. The highest BCUT2D eigenvalue weighted by atomic mass is 32.2. The van der Waals surface area contributed by atoms with Crippen molar-refractivity contribution in [2.75, 3.05) is 33.2 Å². The summed E-state index contributed by atoms with van der Waals surface area (Å²) >= 11 is 1.36. The molecule has 0 saturated heterocycles. The van der Waals surface area contributed by atoms with Gasteiger partial charge in [0.1, 0.15) is 5.75 Å². The maximum absolute atomic E-state index is 12.5. The van der Waals surface area contributed by atoms with Gasteiger partial charge in [0, 0.05) is 24.7 Å². The first kappa shape index (κ1) is 20.9. The molecule has 8 heteroatoms. The molecule has 0 aliphatic carbocycles. The molecule has 2 aromatic rings. The van der Waals surface area contributed by atoms with E-state index in [4.69, 9.17) is 14.2 Å². The summed E-state index contributed by atoms with van der Waals surface area (Å²) in [6.45, 7) is 0.220. The third-order valence-corrected chi connectivity index (χ3v) is 5.38. The van der Waals surface area contributed by atoms with Gasteiger partial charge in [0.05, 0.1) is 24.2 Å². The number of carbonyl (C=O) groups excluding carboxylic acids is 2. The molecule has 0 saturated carbocycles. The van der Waals surface area contributed by atoms with E-state index in [1.54, 1.807) is 19.2 Å². The molecule has 3 rings (SSSR count). The Labute approximate surface area is 173 Å². The van der Waals surface area contributed by atoms with Gasteiger partial charge in [-0.2, -0.15) is 0 Å². The van der Waals surface area contributed by atoms with Gasteiger partial charge in [0.2, 0.25) is 0 Å². The molecule has 0 fully saturated rings. The molecule has 1 aliphatic rings. The lowest BCUT2D eigenvalue weighted by atomic mass is 10.1. The fourth-order valence-corrected chi connectivity index (χ4v) is 3.66. The third-order valence-electron chi connectivity index (χ3n) is 4.28. The monoisotopic (exact) mass is 414 g/mol. The molecule has 0 spiro atoms. The van der Waals surface area contributed by atoms with E-state index >= 15 is 0 Å². The highest BCUT2D eigenvalue weighted by molar-refractivity contribution is 8.04. The van der Waals surface area contributed by atoms with E-state index in [0.717, 1.165) is 16.2 Å². The van der Waals surface area contributed by atoms with Crippen LogP contribution in [0.4, 0.5) is 5.69 Å². The first-order valence-corrected chi connectivity index (χ1v) is 9.68. The second kappa shape index (κ2) is 9.60. The van der Waals surface area contributed by atoms with E-state index in [-0.39, 0.29) is 18.4 Å². The van der Waals surface area contributed by atoms with Crippen LogP contribution >= 0.6 is 11.8 Å². The highest BCUT2D eigenvalue weighted by Gasteiger charge is 2.22. The van der Waals surface area contributed by atoms with Crippen LogP contribution in [0, 0.1) is 0 Å². The van der Waals surface area contributed by atoms with E-state index in [9.17, 15) is 9.59 Å². The lowest BCUT2D eigenvalue weighted by Crippen LogP contribution is -2.34. The number of nitrogens with one attached hydrogen (secondary N) is 2. The molecule has 0 bridgehead atoms. The largest absolute Gasteiger partial charge is 0.497 e. The SMILES string of the molecule is COc1cccc(/C=C2/Sc3ccc(C(=O)NCC(OC)OC)cc3NC2=O)c1. The van der Waals surface area contributed by atoms with E-state index in [2.05, 4.69) is 10.6 Å². The van der Waals surface area contributed by atoms with Crippen LogP contribution in [-0.4, -0.2) is 46.0 Å². The minimum Gasteiger partial charge on any atom is -0.497 e. The van der Waals surface area contributed by atoms with Gasteiger partial charge < -0.3 is 24.8 Å². The van der Waals surface area contributed by atoms with Gasteiger partial charge in [-0.05, 0) is 42.0 Å². The molecule has 0 unspecified atom stereocenters. The number of amides is 2. The Kier molecular flexibility index (Phi) is 6.92. The molecule has 152 valence electrons. The molecule has 0 atom stereocenters. The summed E-state index contributed by atoms with van der Waals surface area (Å²) in [5.41, 5.74) is 1.91. The number of ether oxygens (including phenoxy) is 3. The summed E-state index contributed by atoms with van der Waals surface area (Å²) in [7, 11) is 4.61. The standard InChI is InChI=1S/C21H22N2O5S/c1-26-15-6-4-5-13(9-15)10-18-21(25)23-16-11-14(7-8-17(16)29-18)20(24)22-12-19(27-2)28-3/h4-11,19H,12H2,1-3H3,(H,22,24)(H,23,25)/b18-10+. The zero-order valence-corrected chi connectivity index (χ0v) is 17.2. The van der Waals surface area contributed by atoms with Gasteiger partial charge in [-0.3, -0.25) is 9.59 Å². The van der Waals surface area contributed by atoms with Gasteiger partial charge in [-0.15, -0.1) is 0 Å².